The summed E-state index contributed by atoms with van der Waals surface area (Å²) >= 11 is 0. The van der Waals surface area contributed by atoms with Crippen LogP contribution in [0.1, 0.15) is 0 Å². The van der Waals surface area contributed by atoms with Crippen molar-refractivity contribution in [2.24, 2.45) is 0 Å². The van der Waals surface area contributed by atoms with Gasteiger partial charge in [0.25, 0.3) is 0 Å². The Balaban J connectivity index is 0. The van der Waals surface area contributed by atoms with E-state index in [4.69, 9.17) is 0 Å². The molecule has 1 fully saturated rings. The van der Waals surface area contributed by atoms with E-state index >= 15 is 0 Å². The third kappa shape index (κ3) is 10.6. The Kier molecular flexibility index (Phi) is 16.4. The normalized spacial score (nSPS) is 20.6. The molecule has 0 spiro atoms. The summed E-state index contributed by atoms with van der Waals surface area (Å²) in [6.45, 7) is 8.14. The second kappa shape index (κ2) is 13.6. The molecule has 4 nitrogen and oxygen atoms in total. The van der Waals surface area contributed by atoms with Gasteiger partial charge in [-0.05, 0) is 13.1 Å². The second-order valence-electron chi connectivity index (χ2n) is 2.92. The van der Waals surface area contributed by atoms with Crippen molar-refractivity contribution in [2.75, 3.05) is 52.4 Å². The van der Waals surface area contributed by atoms with Crippen molar-refractivity contribution < 1.29 is 21.7 Å². The molecule has 0 bridgehead atoms. The van der Waals surface area contributed by atoms with Crippen molar-refractivity contribution in [3.63, 3.8) is 0 Å². The molecule has 3 N–H and O–H groups in total. The van der Waals surface area contributed by atoms with Crippen LogP contribution in [0.5, 0.6) is 0 Å². The molecular formula is C9H22N4Ti. The minimum Gasteiger partial charge on any atom is -0.660 e. The van der Waals surface area contributed by atoms with E-state index in [2.05, 4.69) is 21.3 Å². The molecule has 1 heterocycles. The summed E-state index contributed by atoms with van der Waals surface area (Å²) in [6.07, 6.45) is 0. The zero-order valence-corrected chi connectivity index (χ0v) is 10.7. The molecule has 0 aromatic rings. The quantitative estimate of drug-likeness (QED) is 0.394. The van der Waals surface area contributed by atoms with Gasteiger partial charge in [-0.3, -0.25) is 0 Å². The van der Waals surface area contributed by atoms with Crippen LogP contribution in [0.2, 0.25) is 0 Å². The Morgan fingerprint density at radius 3 is 1.43 bits per heavy atom. The van der Waals surface area contributed by atoms with Gasteiger partial charge < -0.3 is 28.7 Å². The predicted molar refractivity (Wildman–Crippen MR) is 58.1 cm³/mol. The van der Waals surface area contributed by atoms with E-state index in [0.717, 1.165) is 52.4 Å². The minimum absolute atomic E-state index is 0. The van der Waals surface area contributed by atoms with Crippen LogP contribution in [0.4, 0.5) is 0 Å². The number of rotatable bonds is 0. The summed E-state index contributed by atoms with van der Waals surface area (Å²) in [4.78, 5) is 0. The van der Waals surface area contributed by atoms with Crippen molar-refractivity contribution in [3.05, 3.63) is 12.7 Å². The Morgan fingerprint density at radius 1 is 0.643 bits per heavy atom. The SMILES string of the molecule is C1CNCCNCCNCC[N-]1.[CH3-].[Ti+2]. The van der Waals surface area contributed by atoms with Crippen LogP contribution in [-0.4, -0.2) is 52.4 Å². The van der Waals surface area contributed by atoms with E-state index in [9.17, 15) is 0 Å². The molecule has 0 saturated carbocycles. The minimum atomic E-state index is 0. The van der Waals surface area contributed by atoms with Gasteiger partial charge in [0.2, 0.25) is 0 Å². The van der Waals surface area contributed by atoms with Gasteiger partial charge in [-0.2, -0.15) is 0 Å². The molecule has 5 heteroatoms. The zero-order valence-electron chi connectivity index (χ0n) is 9.10. The van der Waals surface area contributed by atoms with Crippen LogP contribution in [0, 0.1) is 7.43 Å². The zero-order chi connectivity index (χ0) is 8.49. The first-order valence-corrected chi connectivity index (χ1v) is 4.75. The van der Waals surface area contributed by atoms with Crippen molar-refractivity contribution in [1.82, 2.24) is 16.0 Å². The van der Waals surface area contributed by atoms with Crippen LogP contribution in [0.3, 0.4) is 0 Å². The largest absolute Gasteiger partial charge is 2.00 e. The molecule has 0 radical (unpaired) electrons. The van der Waals surface area contributed by atoms with Gasteiger partial charge in [0.15, 0.2) is 0 Å². The van der Waals surface area contributed by atoms with Gasteiger partial charge in [0.1, 0.15) is 0 Å². The maximum Gasteiger partial charge on any atom is 2.00 e. The Labute approximate surface area is 103 Å². The molecule has 0 aromatic heterocycles. The van der Waals surface area contributed by atoms with E-state index in [1.165, 1.54) is 0 Å². The summed E-state index contributed by atoms with van der Waals surface area (Å²) in [5.41, 5.74) is 0. The third-order valence-electron chi connectivity index (χ3n) is 1.85. The van der Waals surface area contributed by atoms with Gasteiger partial charge in [-0.25, -0.2) is 0 Å². The van der Waals surface area contributed by atoms with E-state index in [1.807, 2.05) is 0 Å². The van der Waals surface area contributed by atoms with Crippen molar-refractivity contribution in [2.45, 2.75) is 0 Å². The molecule has 0 aliphatic carbocycles. The third-order valence-corrected chi connectivity index (χ3v) is 1.85. The predicted octanol–water partition coefficient (Wildman–Crippen LogP) is -0.410. The summed E-state index contributed by atoms with van der Waals surface area (Å²) in [6, 6.07) is 0. The van der Waals surface area contributed by atoms with Gasteiger partial charge in [-0.15, -0.1) is 13.1 Å². The smallest absolute Gasteiger partial charge is 0.660 e. The van der Waals surface area contributed by atoms with Crippen LogP contribution in [0.15, 0.2) is 0 Å². The molecule has 0 amide bonds. The van der Waals surface area contributed by atoms with Crippen LogP contribution < -0.4 is 16.0 Å². The van der Waals surface area contributed by atoms with Crippen molar-refractivity contribution in [3.8, 4) is 0 Å². The average molecular weight is 234 g/mol. The molecule has 1 aliphatic heterocycles. The Hall–Kier alpha value is 0.554. The molecule has 0 aromatic carbocycles. The first-order chi connectivity index (χ1) is 6.00. The maximum atomic E-state index is 4.36. The fourth-order valence-electron chi connectivity index (χ4n) is 1.16. The molecule has 1 aliphatic rings. The molecule has 1 rings (SSSR count). The van der Waals surface area contributed by atoms with Crippen LogP contribution in [-0.2, 0) is 21.7 Å². The van der Waals surface area contributed by atoms with Crippen LogP contribution in [0.25, 0.3) is 5.32 Å². The average Bonchev–Trinajstić information content (AvgIpc) is 2.05. The van der Waals surface area contributed by atoms with E-state index < -0.39 is 0 Å². The Bertz CT molecular complexity index is 59.8. The topological polar surface area (TPSA) is 50.2 Å². The second-order valence-corrected chi connectivity index (χ2v) is 2.92. The fourth-order valence-corrected chi connectivity index (χ4v) is 1.16. The monoisotopic (exact) mass is 234 g/mol. The molecular weight excluding hydrogens is 212 g/mol. The van der Waals surface area contributed by atoms with Gasteiger partial charge >= 0.3 is 21.7 Å². The summed E-state index contributed by atoms with van der Waals surface area (Å²) in [5.74, 6) is 0. The molecule has 0 atom stereocenters. The van der Waals surface area contributed by atoms with E-state index in [1.54, 1.807) is 0 Å². The van der Waals surface area contributed by atoms with Crippen molar-refractivity contribution in [1.29, 1.82) is 0 Å². The van der Waals surface area contributed by atoms with Gasteiger partial charge in [-0.1, -0.05) is 0 Å². The van der Waals surface area contributed by atoms with Gasteiger partial charge in [0, 0.05) is 26.2 Å². The van der Waals surface area contributed by atoms with Gasteiger partial charge in [0.05, 0.1) is 0 Å². The fraction of sp³-hybridized carbons (Fsp3) is 0.889. The standard InChI is InChI=1S/C8H19N4.CH3.Ti/c1-2-10-5-6-12-8-7-11-4-3-9-1;;/h9-11H,1-8H2;1H3;/q2*-1;+2. The number of nitrogens with one attached hydrogen (secondary N) is 3. The molecule has 0 unspecified atom stereocenters. The summed E-state index contributed by atoms with van der Waals surface area (Å²) in [5, 5.41) is 14.4. The van der Waals surface area contributed by atoms with E-state index in [0.29, 0.717) is 0 Å². The molecule has 14 heavy (non-hydrogen) atoms. The maximum absolute atomic E-state index is 4.36. The molecule has 82 valence electrons. The molecule has 1 saturated heterocycles. The number of nitrogens with zero attached hydrogens (tertiary/aromatic N) is 1. The first kappa shape index (κ1) is 17.0. The number of hydrogen-bond acceptors (Lipinski definition) is 3. The Morgan fingerprint density at radius 2 is 1.00 bits per heavy atom. The van der Waals surface area contributed by atoms with Crippen LogP contribution >= 0.6 is 0 Å². The van der Waals surface area contributed by atoms with Crippen molar-refractivity contribution >= 4 is 0 Å². The first-order valence-electron chi connectivity index (χ1n) is 4.75. The van der Waals surface area contributed by atoms with E-state index in [-0.39, 0.29) is 29.1 Å². The summed E-state index contributed by atoms with van der Waals surface area (Å²) in [7, 11) is 0. The number of hydrogen-bond donors (Lipinski definition) is 3. The summed E-state index contributed by atoms with van der Waals surface area (Å²) < 4.78 is 0.